The predicted molar refractivity (Wildman–Crippen MR) is 105 cm³/mol. The van der Waals surface area contributed by atoms with Crippen LogP contribution in [-0.2, 0) is 6.61 Å². The Morgan fingerprint density at radius 2 is 1.63 bits per heavy atom. The van der Waals surface area contributed by atoms with Gasteiger partial charge in [-0.3, -0.25) is 4.79 Å². The first-order chi connectivity index (χ1) is 13.2. The van der Waals surface area contributed by atoms with Crippen LogP contribution in [0.3, 0.4) is 0 Å². The van der Waals surface area contributed by atoms with Gasteiger partial charge in [0.05, 0.1) is 5.39 Å². The smallest absolute Gasteiger partial charge is 0.235 e. The molecule has 0 atom stereocenters. The van der Waals surface area contributed by atoms with Crippen molar-refractivity contribution >= 4 is 11.0 Å². The topological polar surface area (TPSA) is 48.7 Å². The van der Waals surface area contributed by atoms with Crippen molar-refractivity contribution in [1.82, 2.24) is 0 Å². The molecule has 0 radical (unpaired) electrons. The van der Waals surface area contributed by atoms with Crippen molar-refractivity contribution in [2.75, 3.05) is 0 Å². The van der Waals surface area contributed by atoms with Crippen molar-refractivity contribution < 1.29 is 13.9 Å². The molecular formula is C23H18O4. The number of ether oxygens (including phenoxy) is 2. The fraction of sp³-hybridized carbons (Fsp3) is 0.0870. The van der Waals surface area contributed by atoms with E-state index in [-0.39, 0.29) is 11.2 Å². The summed E-state index contributed by atoms with van der Waals surface area (Å²) in [6, 6.07) is 22.6. The molecule has 0 spiro atoms. The van der Waals surface area contributed by atoms with E-state index in [4.69, 9.17) is 13.9 Å². The molecule has 0 unspecified atom stereocenters. The third kappa shape index (κ3) is 3.85. The van der Waals surface area contributed by atoms with Crippen molar-refractivity contribution in [2.24, 2.45) is 0 Å². The summed E-state index contributed by atoms with van der Waals surface area (Å²) in [5.74, 6) is 1.39. The van der Waals surface area contributed by atoms with Gasteiger partial charge in [0.15, 0.2) is 0 Å². The van der Waals surface area contributed by atoms with E-state index in [1.54, 1.807) is 18.2 Å². The molecule has 0 N–H and O–H groups in total. The quantitative estimate of drug-likeness (QED) is 0.474. The molecule has 0 saturated carbocycles. The Kier molecular flexibility index (Phi) is 4.62. The molecule has 4 aromatic rings. The van der Waals surface area contributed by atoms with Crippen LogP contribution in [-0.4, -0.2) is 0 Å². The Morgan fingerprint density at radius 3 is 2.41 bits per heavy atom. The summed E-state index contributed by atoms with van der Waals surface area (Å²) in [5, 5.41) is 0.451. The molecular weight excluding hydrogens is 340 g/mol. The Hall–Kier alpha value is -3.53. The number of fused-ring (bicyclic) bond motifs is 1. The van der Waals surface area contributed by atoms with E-state index in [0.29, 0.717) is 29.1 Å². The van der Waals surface area contributed by atoms with Gasteiger partial charge in [0.1, 0.15) is 30.0 Å². The normalized spacial score (nSPS) is 10.7. The molecule has 0 aliphatic heterocycles. The first-order valence-electron chi connectivity index (χ1n) is 8.66. The highest BCUT2D eigenvalue weighted by Gasteiger charge is 2.10. The van der Waals surface area contributed by atoms with Crippen LogP contribution >= 0.6 is 0 Å². The van der Waals surface area contributed by atoms with Gasteiger partial charge in [-0.05, 0) is 36.8 Å². The van der Waals surface area contributed by atoms with Gasteiger partial charge in [-0.25, -0.2) is 0 Å². The molecule has 0 aliphatic rings. The lowest BCUT2D eigenvalue weighted by atomic mass is 10.2. The third-order valence-electron chi connectivity index (χ3n) is 4.21. The first kappa shape index (κ1) is 16.9. The predicted octanol–water partition coefficient (Wildman–Crippen LogP) is 5.47. The van der Waals surface area contributed by atoms with Crippen LogP contribution in [0.4, 0.5) is 0 Å². The Bertz CT molecular complexity index is 1110. The summed E-state index contributed by atoms with van der Waals surface area (Å²) in [5.41, 5.74) is 2.44. The summed E-state index contributed by atoms with van der Waals surface area (Å²) < 4.78 is 17.1. The summed E-state index contributed by atoms with van der Waals surface area (Å²) in [7, 11) is 0. The van der Waals surface area contributed by atoms with Crippen LogP contribution in [0.25, 0.3) is 11.0 Å². The minimum Gasteiger partial charge on any atom is -0.489 e. The second kappa shape index (κ2) is 7.38. The van der Waals surface area contributed by atoms with E-state index < -0.39 is 0 Å². The van der Waals surface area contributed by atoms with Crippen LogP contribution in [0.1, 0.15) is 11.1 Å². The summed E-state index contributed by atoms with van der Waals surface area (Å²) >= 11 is 0. The first-order valence-corrected chi connectivity index (χ1v) is 8.66. The molecule has 27 heavy (non-hydrogen) atoms. The Balaban J connectivity index is 1.56. The van der Waals surface area contributed by atoms with Gasteiger partial charge in [0.2, 0.25) is 11.2 Å². The number of aryl methyl sites for hydroxylation is 1. The van der Waals surface area contributed by atoms with Crippen molar-refractivity contribution in [3.63, 3.8) is 0 Å². The standard InChI is InChI=1S/C23H18O4/c1-16-7-9-18(10-8-16)27-22-15-26-21-13-19(11-12-20(21)23(22)24)25-14-17-5-3-2-4-6-17/h2-13,15H,14H2,1H3. The lowest BCUT2D eigenvalue weighted by Gasteiger charge is -2.08. The van der Waals surface area contributed by atoms with Gasteiger partial charge < -0.3 is 13.9 Å². The van der Waals surface area contributed by atoms with Crippen LogP contribution in [0.2, 0.25) is 0 Å². The molecule has 0 aliphatic carbocycles. The molecule has 4 nitrogen and oxygen atoms in total. The van der Waals surface area contributed by atoms with E-state index in [1.807, 2.05) is 61.5 Å². The van der Waals surface area contributed by atoms with Crippen molar-refractivity contribution in [1.29, 1.82) is 0 Å². The SMILES string of the molecule is Cc1ccc(Oc2coc3cc(OCc4ccccc4)ccc3c2=O)cc1. The maximum absolute atomic E-state index is 12.7. The fourth-order valence-corrected chi connectivity index (χ4v) is 2.73. The van der Waals surface area contributed by atoms with Crippen molar-refractivity contribution in [3.8, 4) is 17.2 Å². The molecule has 0 fully saturated rings. The summed E-state index contributed by atoms with van der Waals surface area (Å²) in [6.45, 7) is 2.44. The van der Waals surface area contributed by atoms with Gasteiger partial charge in [-0.1, -0.05) is 48.0 Å². The molecule has 134 valence electrons. The average molecular weight is 358 g/mol. The van der Waals surface area contributed by atoms with Crippen LogP contribution in [0.15, 0.2) is 88.3 Å². The van der Waals surface area contributed by atoms with Crippen molar-refractivity contribution in [2.45, 2.75) is 13.5 Å². The minimum atomic E-state index is -0.216. The van der Waals surface area contributed by atoms with Gasteiger partial charge in [0.25, 0.3) is 0 Å². The molecule has 0 bridgehead atoms. The maximum atomic E-state index is 12.7. The second-order valence-corrected chi connectivity index (χ2v) is 6.28. The number of rotatable bonds is 5. The Morgan fingerprint density at radius 1 is 0.889 bits per heavy atom. The van der Waals surface area contributed by atoms with Gasteiger partial charge in [0, 0.05) is 6.07 Å². The lowest BCUT2D eigenvalue weighted by molar-refractivity contribution is 0.306. The minimum absolute atomic E-state index is 0.157. The van der Waals surface area contributed by atoms with Gasteiger partial charge >= 0.3 is 0 Å². The highest BCUT2D eigenvalue weighted by Crippen LogP contribution is 2.24. The van der Waals surface area contributed by atoms with E-state index >= 15 is 0 Å². The van der Waals surface area contributed by atoms with E-state index in [1.165, 1.54) is 6.26 Å². The Labute approximate surface area is 156 Å². The van der Waals surface area contributed by atoms with Crippen LogP contribution in [0.5, 0.6) is 17.2 Å². The molecule has 3 aromatic carbocycles. The zero-order valence-electron chi connectivity index (χ0n) is 14.8. The molecule has 4 heteroatoms. The van der Waals surface area contributed by atoms with Crippen molar-refractivity contribution in [3.05, 3.63) is 100 Å². The largest absolute Gasteiger partial charge is 0.489 e. The molecule has 0 saturated heterocycles. The van der Waals surface area contributed by atoms with Gasteiger partial charge in [-0.2, -0.15) is 0 Å². The average Bonchev–Trinajstić information content (AvgIpc) is 2.71. The monoisotopic (exact) mass is 358 g/mol. The highest BCUT2D eigenvalue weighted by molar-refractivity contribution is 5.79. The molecule has 1 aromatic heterocycles. The highest BCUT2D eigenvalue weighted by atomic mass is 16.5. The summed E-state index contributed by atoms with van der Waals surface area (Å²) in [6.07, 6.45) is 1.34. The lowest BCUT2D eigenvalue weighted by Crippen LogP contribution is -2.05. The number of hydrogen-bond acceptors (Lipinski definition) is 4. The maximum Gasteiger partial charge on any atom is 0.235 e. The van der Waals surface area contributed by atoms with Crippen LogP contribution < -0.4 is 14.9 Å². The zero-order valence-corrected chi connectivity index (χ0v) is 14.8. The van der Waals surface area contributed by atoms with Gasteiger partial charge in [-0.15, -0.1) is 0 Å². The summed E-state index contributed by atoms with van der Waals surface area (Å²) in [4.78, 5) is 12.7. The number of hydrogen-bond donors (Lipinski definition) is 0. The number of benzene rings is 3. The second-order valence-electron chi connectivity index (χ2n) is 6.28. The third-order valence-corrected chi connectivity index (χ3v) is 4.21. The molecule has 0 amide bonds. The van der Waals surface area contributed by atoms with Crippen LogP contribution in [0, 0.1) is 6.92 Å². The van der Waals surface area contributed by atoms with E-state index in [9.17, 15) is 4.79 Å². The molecule has 4 rings (SSSR count). The fourth-order valence-electron chi connectivity index (χ4n) is 2.73. The van der Waals surface area contributed by atoms with E-state index in [0.717, 1.165) is 11.1 Å². The van der Waals surface area contributed by atoms with E-state index in [2.05, 4.69) is 0 Å². The molecule has 1 heterocycles. The zero-order chi connectivity index (χ0) is 18.6.